The Hall–Kier alpha value is -2.44. The fraction of sp³-hybridized carbons (Fsp3) is 0.467. The summed E-state index contributed by atoms with van der Waals surface area (Å²) in [5.74, 6) is 6.08. The highest BCUT2D eigenvalue weighted by Gasteiger charge is 2.36. The first kappa shape index (κ1) is 23.7. The van der Waals surface area contributed by atoms with Crippen molar-refractivity contribution in [1.29, 1.82) is 0 Å². The van der Waals surface area contributed by atoms with Crippen LogP contribution < -0.4 is 0 Å². The number of ether oxygens (including phenoxy) is 1. The molecule has 174 valence electrons. The van der Waals surface area contributed by atoms with Crippen LogP contribution in [0.3, 0.4) is 0 Å². The number of allylic oxidation sites excluding steroid dienone is 1. The third kappa shape index (κ3) is 5.92. The number of rotatable bonds is 6. The molecule has 2 aliphatic carbocycles. The first-order valence-corrected chi connectivity index (χ1v) is 12.4. The van der Waals surface area contributed by atoms with Crippen molar-refractivity contribution in [1.82, 2.24) is 0 Å². The first-order chi connectivity index (χ1) is 16.1. The molecule has 2 fully saturated rings. The second-order valence-corrected chi connectivity index (χ2v) is 9.55. The Morgan fingerprint density at radius 2 is 1.67 bits per heavy atom. The monoisotopic (exact) mass is 448 g/mol. The van der Waals surface area contributed by atoms with Crippen LogP contribution in [0.25, 0.3) is 0 Å². The lowest BCUT2D eigenvalue weighted by atomic mass is 9.65. The summed E-state index contributed by atoms with van der Waals surface area (Å²) in [4.78, 5) is 0. The van der Waals surface area contributed by atoms with Crippen molar-refractivity contribution < 1.29 is 13.5 Å². The largest absolute Gasteiger partial charge is 0.378 e. The van der Waals surface area contributed by atoms with E-state index in [4.69, 9.17) is 4.74 Å². The summed E-state index contributed by atoms with van der Waals surface area (Å²) in [7, 11) is 0. The first-order valence-electron chi connectivity index (χ1n) is 12.4. The fourth-order valence-electron chi connectivity index (χ4n) is 5.64. The minimum absolute atomic E-state index is 0.139. The Morgan fingerprint density at radius 3 is 2.36 bits per heavy atom. The summed E-state index contributed by atoms with van der Waals surface area (Å²) in [5, 5.41) is 0. The molecule has 1 nitrogen and oxygen atoms in total. The van der Waals surface area contributed by atoms with Crippen molar-refractivity contribution in [3.63, 3.8) is 0 Å². The van der Waals surface area contributed by atoms with Crippen LogP contribution in [0.1, 0.15) is 80.0 Å². The average molecular weight is 449 g/mol. The lowest BCUT2D eigenvalue weighted by molar-refractivity contribution is -0.00957. The molecular formula is C30H34F2O. The summed E-state index contributed by atoms with van der Waals surface area (Å²) in [6, 6.07) is 10.8. The molecule has 0 N–H and O–H groups in total. The van der Waals surface area contributed by atoms with Gasteiger partial charge in [-0.15, -0.1) is 6.58 Å². The highest BCUT2D eigenvalue weighted by atomic mass is 19.1. The number of hydrogen-bond acceptors (Lipinski definition) is 1. The van der Waals surface area contributed by atoms with Gasteiger partial charge >= 0.3 is 0 Å². The van der Waals surface area contributed by atoms with Crippen LogP contribution in [0.4, 0.5) is 8.78 Å². The number of fused-ring (bicyclic) bond motifs is 1. The molecule has 4 unspecified atom stereocenters. The SMILES string of the molecule is C=CCCc1ccc(C#Cc2c(F)cc(C3CCC4CC(OCC)CCC4C3)cc2F)cc1. The van der Waals surface area contributed by atoms with Crippen molar-refractivity contribution in [2.45, 2.75) is 70.3 Å². The van der Waals surface area contributed by atoms with Crippen LogP contribution >= 0.6 is 0 Å². The number of hydrogen-bond donors (Lipinski definition) is 0. The standard InChI is InChI=1S/C30H34F2O/c1-3-5-6-21-7-9-22(10-8-21)11-16-28-29(31)19-26(20-30(28)32)24-12-13-25-18-27(33-4-2)15-14-23(25)17-24/h3,7-10,19-20,23-25,27H,1,4-6,12-15,17-18H2,2H3. The zero-order chi connectivity index (χ0) is 23.2. The Kier molecular flexibility index (Phi) is 7.99. The van der Waals surface area contributed by atoms with Crippen LogP contribution in [-0.4, -0.2) is 12.7 Å². The molecule has 3 heteroatoms. The van der Waals surface area contributed by atoms with Gasteiger partial charge in [-0.3, -0.25) is 0 Å². The van der Waals surface area contributed by atoms with Crippen LogP contribution in [0, 0.1) is 35.3 Å². The zero-order valence-electron chi connectivity index (χ0n) is 19.6. The third-order valence-corrected chi connectivity index (χ3v) is 7.43. The van der Waals surface area contributed by atoms with Gasteiger partial charge in [0.1, 0.15) is 11.6 Å². The maximum Gasteiger partial charge on any atom is 0.142 e. The lowest BCUT2D eigenvalue weighted by Gasteiger charge is -2.42. The summed E-state index contributed by atoms with van der Waals surface area (Å²) in [5.41, 5.74) is 2.59. The smallest absolute Gasteiger partial charge is 0.142 e. The highest BCUT2D eigenvalue weighted by molar-refractivity contribution is 5.46. The van der Waals surface area contributed by atoms with Crippen LogP contribution in [0.15, 0.2) is 49.1 Å². The molecule has 0 aliphatic heterocycles. The third-order valence-electron chi connectivity index (χ3n) is 7.43. The van der Waals surface area contributed by atoms with Gasteiger partial charge in [0.25, 0.3) is 0 Å². The molecule has 4 rings (SSSR count). The van der Waals surface area contributed by atoms with Gasteiger partial charge < -0.3 is 4.74 Å². The van der Waals surface area contributed by atoms with E-state index in [9.17, 15) is 8.78 Å². The van der Waals surface area contributed by atoms with Crippen LogP contribution in [0.5, 0.6) is 0 Å². The topological polar surface area (TPSA) is 9.23 Å². The van der Waals surface area contributed by atoms with Crippen molar-refractivity contribution in [2.24, 2.45) is 11.8 Å². The fourth-order valence-corrected chi connectivity index (χ4v) is 5.64. The molecule has 0 radical (unpaired) electrons. The van der Waals surface area contributed by atoms with Crippen molar-refractivity contribution in [3.05, 3.63) is 82.9 Å². The van der Waals surface area contributed by atoms with Gasteiger partial charge in [-0.2, -0.15) is 0 Å². The Balaban J connectivity index is 1.43. The lowest BCUT2D eigenvalue weighted by Crippen LogP contribution is -2.33. The molecule has 2 aliphatic rings. The second kappa shape index (κ2) is 11.1. The van der Waals surface area contributed by atoms with Gasteiger partial charge in [-0.25, -0.2) is 8.78 Å². The van der Waals surface area contributed by atoms with Gasteiger partial charge in [0.05, 0.1) is 11.7 Å². The molecule has 2 aromatic rings. The van der Waals surface area contributed by atoms with Crippen LogP contribution in [0.2, 0.25) is 0 Å². The minimum Gasteiger partial charge on any atom is -0.378 e. The molecule has 4 atom stereocenters. The molecule has 2 saturated carbocycles. The van der Waals surface area contributed by atoms with Gasteiger partial charge in [0.2, 0.25) is 0 Å². The summed E-state index contributed by atoms with van der Waals surface area (Å²) in [6.07, 6.45) is 10.7. The predicted molar refractivity (Wildman–Crippen MR) is 130 cm³/mol. The van der Waals surface area contributed by atoms with E-state index in [1.807, 2.05) is 30.3 Å². The Bertz CT molecular complexity index is 991. The van der Waals surface area contributed by atoms with E-state index in [0.29, 0.717) is 17.9 Å². The summed E-state index contributed by atoms with van der Waals surface area (Å²) < 4.78 is 35.6. The van der Waals surface area contributed by atoms with Crippen molar-refractivity contribution in [2.75, 3.05) is 6.61 Å². The number of aryl methyl sites for hydroxylation is 1. The van der Waals surface area contributed by atoms with Crippen molar-refractivity contribution >= 4 is 0 Å². The number of benzene rings is 2. The van der Waals surface area contributed by atoms with E-state index in [2.05, 4.69) is 25.3 Å². The summed E-state index contributed by atoms with van der Waals surface area (Å²) >= 11 is 0. The minimum atomic E-state index is -0.553. The van der Waals surface area contributed by atoms with Gasteiger partial charge in [-0.1, -0.05) is 30.0 Å². The molecule has 33 heavy (non-hydrogen) atoms. The average Bonchev–Trinajstić information content (AvgIpc) is 2.82. The van der Waals surface area contributed by atoms with Crippen molar-refractivity contribution in [3.8, 4) is 11.8 Å². The quantitative estimate of drug-likeness (QED) is 0.327. The normalized spacial score (nSPS) is 24.5. The van der Waals surface area contributed by atoms with Gasteiger partial charge in [-0.05, 0) is 111 Å². The van der Waals surface area contributed by atoms with E-state index in [0.717, 1.165) is 69.1 Å². The van der Waals surface area contributed by atoms with E-state index in [-0.39, 0.29) is 11.5 Å². The molecule has 0 aromatic heterocycles. The van der Waals surface area contributed by atoms with E-state index in [1.54, 1.807) is 0 Å². The maximum absolute atomic E-state index is 14.9. The molecule has 0 spiro atoms. The molecule has 0 saturated heterocycles. The maximum atomic E-state index is 14.9. The molecular weight excluding hydrogens is 414 g/mol. The van der Waals surface area contributed by atoms with Gasteiger partial charge in [0.15, 0.2) is 0 Å². The molecule has 2 aromatic carbocycles. The highest BCUT2D eigenvalue weighted by Crippen LogP contribution is 2.46. The zero-order valence-corrected chi connectivity index (χ0v) is 19.6. The van der Waals surface area contributed by atoms with E-state index in [1.165, 1.54) is 17.7 Å². The Morgan fingerprint density at radius 1 is 0.970 bits per heavy atom. The molecule has 0 bridgehead atoms. The summed E-state index contributed by atoms with van der Waals surface area (Å²) in [6.45, 7) is 6.57. The van der Waals surface area contributed by atoms with Gasteiger partial charge in [0, 0.05) is 12.2 Å². The predicted octanol–water partition coefficient (Wildman–Crippen LogP) is 7.57. The van der Waals surface area contributed by atoms with E-state index < -0.39 is 11.6 Å². The molecule has 0 heterocycles. The van der Waals surface area contributed by atoms with Crippen LogP contribution in [-0.2, 0) is 11.2 Å². The number of halogens is 2. The second-order valence-electron chi connectivity index (χ2n) is 9.55. The van der Waals surface area contributed by atoms with E-state index >= 15 is 0 Å². The molecule has 0 amide bonds. The Labute approximate surface area is 197 Å².